The van der Waals surface area contributed by atoms with Gasteiger partial charge in [0.15, 0.2) is 5.41 Å². The highest BCUT2D eigenvalue weighted by molar-refractivity contribution is 5.99. The van der Waals surface area contributed by atoms with Crippen LogP contribution in [0.25, 0.3) is 0 Å². The molecule has 12 heavy (non-hydrogen) atoms. The summed E-state index contributed by atoms with van der Waals surface area (Å²) < 4.78 is 0. The average molecular weight is 170 g/mol. The van der Waals surface area contributed by atoms with Crippen molar-refractivity contribution in [1.82, 2.24) is 0 Å². The first-order chi connectivity index (χ1) is 5.57. The quantitative estimate of drug-likeness (QED) is 0.594. The molecule has 3 fully saturated rings. The molecule has 3 rings (SSSR count). The van der Waals surface area contributed by atoms with E-state index in [-0.39, 0.29) is 5.92 Å². The van der Waals surface area contributed by atoms with Crippen molar-refractivity contribution in [2.24, 2.45) is 17.3 Å². The van der Waals surface area contributed by atoms with Crippen molar-refractivity contribution in [3.05, 3.63) is 0 Å². The molecule has 66 valence electrons. The molecular weight excluding hydrogens is 160 g/mol. The summed E-state index contributed by atoms with van der Waals surface area (Å²) in [5.74, 6) is -2.07. The number of rotatable bonds is 2. The van der Waals surface area contributed by atoms with Crippen LogP contribution in [0, 0.1) is 17.3 Å². The second-order valence-corrected chi connectivity index (χ2v) is 3.82. The summed E-state index contributed by atoms with van der Waals surface area (Å²) in [5, 5.41) is 17.7. The fourth-order valence-electron chi connectivity index (χ4n) is 2.54. The predicted octanol–water partition coefficient (Wildman–Crippen LogP) is 0.572. The topological polar surface area (TPSA) is 74.6 Å². The summed E-state index contributed by atoms with van der Waals surface area (Å²) >= 11 is 0. The van der Waals surface area contributed by atoms with Gasteiger partial charge in [-0.05, 0) is 31.1 Å². The zero-order valence-electron chi connectivity index (χ0n) is 6.49. The summed E-state index contributed by atoms with van der Waals surface area (Å²) in [5.41, 5.74) is -1.44. The highest BCUT2D eigenvalue weighted by Gasteiger charge is 2.64. The molecule has 0 saturated heterocycles. The molecule has 4 heteroatoms. The summed E-state index contributed by atoms with van der Waals surface area (Å²) in [6.07, 6.45) is 1.92. The minimum Gasteiger partial charge on any atom is -0.480 e. The highest BCUT2D eigenvalue weighted by atomic mass is 16.4. The van der Waals surface area contributed by atoms with Crippen molar-refractivity contribution in [3.8, 4) is 0 Å². The van der Waals surface area contributed by atoms with Crippen molar-refractivity contribution in [3.63, 3.8) is 0 Å². The number of hydrogen-bond donors (Lipinski definition) is 2. The number of carbonyl (C=O) groups is 2. The van der Waals surface area contributed by atoms with Gasteiger partial charge in [0.05, 0.1) is 0 Å². The average Bonchev–Trinajstić information content (AvgIpc) is 2.36. The molecule has 0 atom stereocenters. The second kappa shape index (κ2) is 2.00. The van der Waals surface area contributed by atoms with E-state index < -0.39 is 17.4 Å². The molecular formula is C8H10O4. The first kappa shape index (κ1) is 7.58. The van der Waals surface area contributed by atoms with Gasteiger partial charge in [0.1, 0.15) is 0 Å². The number of hydrogen-bond acceptors (Lipinski definition) is 2. The summed E-state index contributed by atoms with van der Waals surface area (Å²) in [7, 11) is 0. The third-order valence-electron chi connectivity index (χ3n) is 3.31. The van der Waals surface area contributed by atoms with E-state index in [2.05, 4.69) is 0 Å². The number of carboxylic acid groups (broad SMARTS) is 2. The van der Waals surface area contributed by atoms with Gasteiger partial charge in [0, 0.05) is 0 Å². The van der Waals surface area contributed by atoms with E-state index in [1.165, 1.54) is 0 Å². The van der Waals surface area contributed by atoms with Crippen molar-refractivity contribution >= 4 is 11.9 Å². The van der Waals surface area contributed by atoms with Gasteiger partial charge in [-0.25, -0.2) is 0 Å². The number of aliphatic carboxylic acids is 2. The third kappa shape index (κ3) is 0.629. The van der Waals surface area contributed by atoms with Crippen LogP contribution in [0.15, 0.2) is 0 Å². The van der Waals surface area contributed by atoms with E-state index in [9.17, 15) is 9.59 Å². The molecule has 0 aromatic rings. The Morgan fingerprint density at radius 1 is 1.17 bits per heavy atom. The Morgan fingerprint density at radius 2 is 1.67 bits per heavy atom. The van der Waals surface area contributed by atoms with E-state index in [0.29, 0.717) is 12.3 Å². The Morgan fingerprint density at radius 3 is 1.83 bits per heavy atom. The molecule has 4 nitrogen and oxygen atoms in total. The molecule has 2 N–H and O–H groups in total. The van der Waals surface area contributed by atoms with Crippen LogP contribution in [0.1, 0.15) is 19.3 Å². The lowest BCUT2D eigenvalue weighted by Crippen LogP contribution is -2.41. The molecule has 0 unspecified atom stereocenters. The Labute approximate surface area is 69.2 Å². The Bertz CT molecular complexity index is 238. The highest BCUT2D eigenvalue weighted by Crippen LogP contribution is 2.60. The maximum absolute atomic E-state index is 10.8. The lowest BCUT2D eigenvalue weighted by Gasteiger charge is -2.27. The van der Waals surface area contributed by atoms with E-state index >= 15 is 0 Å². The predicted molar refractivity (Wildman–Crippen MR) is 38.5 cm³/mol. The van der Waals surface area contributed by atoms with Gasteiger partial charge in [-0.3, -0.25) is 9.59 Å². The number of carboxylic acids is 2. The van der Waals surface area contributed by atoms with Gasteiger partial charge in [-0.1, -0.05) is 0 Å². The maximum atomic E-state index is 10.8. The van der Waals surface area contributed by atoms with Crippen molar-refractivity contribution < 1.29 is 19.8 Å². The number of fused-ring (bicyclic) bond motifs is 1. The van der Waals surface area contributed by atoms with E-state index in [1.54, 1.807) is 0 Å². The molecule has 0 radical (unpaired) electrons. The summed E-state index contributed by atoms with van der Waals surface area (Å²) in [6, 6.07) is 0. The SMILES string of the molecule is O=C(O)C1(C(=O)O)CC2CC1C2. The molecule has 0 spiro atoms. The smallest absolute Gasteiger partial charge is 0.321 e. The lowest BCUT2D eigenvalue weighted by molar-refractivity contribution is -0.166. The van der Waals surface area contributed by atoms with E-state index in [0.717, 1.165) is 12.8 Å². The van der Waals surface area contributed by atoms with Crippen molar-refractivity contribution in [2.75, 3.05) is 0 Å². The zero-order chi connectivity index (χ0) is 8.93. The normalized spacial score (nSPS) is 35.7. The van der Waals surface area contributed by atoms with Crippen molar-refractivity contribution in [2.45, 2.75) is 19.3 Å². The Balaban J connectivity index is 2.36. The minimum absolute atomic E-state index is 0.113. The fraction of sp³-hybridized carbons (Fsp3) is 0.750. The van der Waals surface area contributed by atoms with Gasteiger partial charge < -0.3 is 10.2 Å². The second-order valence-electron chi connectivity index (χ2n) is 3.82. The van der Waals surface area contributed by atoms with Crippen LogP contribution in [0.3, 0.4) is 0 Å². The van der Waals surface area contributed by atoms with Gasteiger partial charge >= 0.3 is 11.9 Å². The first-order valence-electron chi connectivity index (χ1n) is 4.04. The molecule has 3 aliphatic rings. The maximum Gasteiger partial charge on any atom is 0.321 e. The molecule has 0 aromatic heterocycles. The molecule has 0 amide bonds. The van der Waals surface area contributed by atoms with Crippen LogP contribution >= 0.6 is 0 Å². The largest absolute Gasteiger partial charge is 0.480 e. The van der Waals surface area contributed by atoms with E-state index in [4.69, 9.17) is 10.2 Å². The van der Waals surface area contributed by atoms with Crippen LogP contribution in [0.2, 0.25) is 0 Å². The molecule has 0 heterocycles. The van der Waals surface area contributed by atoms with Gasteiger partial charge in [0.25, 0.3) is 0 Å². The van der Waals surface area contributed by atoms with E-state index in [1.807, 2.05) is 0 Å². The molecule has 0 aromatic carbocycles. The van der Waals surface area contributed by atoms with Gasteiger partial charge in [-0.2, -0.15) is 0 Å². The van der Waals surface area contributed by atoms with Crippen LogP contribution < -0.4 is 0 Å². The van der Waals surface area contributed by atoms with Crippen LogP contribution in [-0.4, -0.2) is 22.2 Å². The minimum atomic E-state index is -1.44. The fourth-order valence-corrected chi connectivity index (χ4v) is 2.54. The van der Waals surface area contributed by atoms with Crippen LogP contribution in [-0.2, 0) is 9.59 Å². The Hall–Kier alpha value is -1.06. The molecule has 3 aliphatic carbocycles. The Kier molecular flexibility index (Phi) is 1.26. The standard InChI is InChI=1S/C8H10O4/c9-6(10)8(7(11)12)3-4-1-5(8)2-4/h4-5H,1-3H2,(H,9,10)(H,11,12). The monoisotopic (exact) mass is 170 g/mol. The van der Waals surface area contributed by atoms with Crippen LogP contribution in [0.4, 0.5) is 0 Å². The molecule has 2 bridgehead atoms. The van der Waals surface area contributed by atoms with Gasteiger partial charge in [0.2, 0.25) is 0 Å². The zero-order valence-corrected chi connectivity index (χ0v) is 6.49. The first-order valence-corrected chi connectivity index (χ1v) is 4.04. The lowest BCUT2D eigenvalue weighted by atomic mass is 9.75. The molecule has 3 saturated carbocycles. The summed E-state index contributed by atoms with van der Waals surface area (Å²) in [4.78, 5) is 21.6. The van der Waals surface area contributed by atoms with Crippen LogP contribution in [0.5, 0.6) is 0 Å². The molecule has 0 aliphatic heterocycles. The summed E-state index contributed by atoms with van der Waals surface area (Å²) in [6.45, 7) is 0. The van der Waals surface area contributed by atoms with Gasteiger partial charge in [-0.15, -0.1) is 0 Å². The van der Waals surface area contributed by atoms with Crippen molar-refractivity contribution in [1.29, 1.82) is 0 Å². The third-order valence-corrected chi connectivity index (χ3v) is 3.31.